The Morgan fingerprint density at radius 2 is 2.13 bits per heavy atom. The molecule has 3 nitrogen and oxygen atoms in total. The Hall–Kier alpha value is -1.29. The Kier molecular flexibility index (Phi) is 2.52. The van der Waals surface area contributed by atoms with Crippen molar-refractivity contribution in [2.45, 2.75) is 0 Å². The molecular formula is C11H11BrN2O. The highest BCUT2D eigenvalue weighted by Gasteiger charge is 2.13. The molecule has 4 heteroatoms. The summed E-state index contributed by atoms with van der Waals surface area (Å²) in [6, 6.07) is 5.83. The van der Waals surface area contributed by atoms with Gasteiger partial charge >= 0.3 is 0 Å². The zero-order valence-corrected chi connectivity index (χ0v) is 10.1. The number of nitrogens with one attached hydrogen (secondary N) is 1. The van der Waals surface area contributed by atoms with Crippen molar-refractivity contribution in [1.29, 1.82) is 0 Å². The summed E-state index contributed by atoms with van der Waals surface area (Å²) < 4.78 is 0.937. The van der Waals surface area contributed by atoms with E-state index in [0.717, 1.165) is 27.5 Å². The van der Waals surface area contributed by atoms with Crippen molar-refractivity contribution in [2.75, 3.05) is 19.0 Å². The van der Waals surface area contributed by atoms with Gasteiger partial charge in [0.25, 0.3) is 0 Å². The van der Waals surface area contributed by atoms with Crippen LogP contribution in [0.15, 0.2) is 22.7 Å². The van der Waals surface area contributed by atoms with E-state index in [-0.39, 0.29) is 0 Å². The van der Waals surface area contributed by atoms with Gasteiger partial charge in [0.2, 0.25) is 0 Å². The summed E-state index contributed by atoms with van der Waals surface area (Å²) in [6.45, 7) is 0. The predicted octanol–water partition coefficient (Wildman–Crippen LogP) is 2.81. The summed E-state index contributed by atoms with van der Waals surface area (Å²) in [5.41, 5.74) is 1.66. The molecule has 0 atom stereocenters. The van der Waals surface area contributed by atoms with Crippen LogP contribution in [0.4, 0.5) is 5.82 Å². The number of halogens is 1. The van der Waals surface area contributed by atoms with E-state index in [2.05, 4.69) is 20.9 Å². The molecule has 0 fully saturated rings. The monoisotopic (exact) mass is 266 g/mol. The van der Waals surface area contributed by atoms with Crippen LogP contribution in [0.5, 0.6) is 0 Å². The third-order valence-corrected chi connectivity index (χ3v) is 3.02. The van der Waals surface area contributed by atoms with E-state index in [1.54, 1.807) is 0 Å². The fourth-order valence-electron chi connectivity index (χ4n) is 1.68. The van der Waals surface area contributed by atoms with E-state index in [1.807, 2.05) is 37.2 Å². The standard InChI is InChI=1S/C11H11BrN2O/c1-14(2)11-7(6-15)10-8(12)4-3-5-9(10)13-11/h3-6,13H,1-2H3. The van der Waals surface area contributed by atoms with Crippen molar-refractivity contribution < 1.29 is 4.79 Å². The molecule has 0 saturated carbocycles. The predicted molar refractivity (Wildman–Crippen MR) is 65.7 cm³/mol. The van der Waals surface area contributed by atoms with Gasteiger partial charge in [0.15, 0.2) is 6.29 Å². The lowest BCUT2D eigenvalue weighted by Crippen LogP contribution is -2.10. The topological polar surface area (TPSA) is 36.1 Å². The van der Waals surface area contributed by atoms with Crippen LogP contribution in [0.3, 0.4) is 0 Å². The summed E-state index contributed by atoms with van der Waals surface area (Å²) in [5.74, 6) is 0.840. The minimum atomic E-state index is 0.697. The van der Waals surface area contributed by atoms with Gasteiger partial charge in [0, 0.05) is 29.5 Å². The Morgan fingerprint density at radius 3 is 2.73 bits per heavy atom. The van der Waals surface area contributed by atoms with Crippen molar-refractivity contribution in [3.8, 4) is 0 Å². The van der Waals surface area contributed by atoms with Crippen LogP contribution < -0.4 is 4.90 Å². The zero-order chi connectivity index (χ0) is 11.0. The van der Waals surface area contributed by atoms with Crippen molar-refractivity contribution in [3.05, 3.63) is 28.2 Å². The molecule has 0 aliphatic rings. The van der Waals surface area contributed by atoms with Crippen LogP contribution in [0.1, 0.15) is 10.4 Å². The first-order valence-electron chi connectivity index (χ1n) is 4.58. The van der Waals surface area contributed by atoms with Crippen LogP contribution in [-0.4, -0.2) is 25.4 Å². The van der Waals surface area contributed by atoms with E-state index in [9.17, 15) is 4.79 Å². The summed E-state index contributed by atoms with van der Waals surface area (Å²) in [7, 11) is 3.82. The Balaban J connectivity index is 2.86. The van der Waals surface area contributed by atoms with Crippen molar-refractivity contribution in [1.82, 2.24) is 4.98 Å². The summed E-state index contributed by atoms with van der Waals surface area (Å²) >= 11 is 3.45. The number of anilines is 1. The molecule has 0 bridgehead atoms. The minimum absolute atomic E-state index is 0.697. The van der Waals surface area contributed by atoms with Crippen molar-refractivity contribution in [2.24, 2.45) is 0 Å². The third-order valence-electron chi connectivity index (χ3n) is 2.36. The highest BCUT2D eigenvalue weighted by atomic mass is 79.9. The van der Waals surface area contributed by atoms with Gasteiger partial charge in [-0.3, -0.25) is 4.79 Å². The second-order valence-corrected chi connectivity index (χ2v) is 4.42. The number of hydrogen-bond donors (Lipinski definition) is 1. The number of benzene rings is 1. The zero-order valence-electron chi connectivity index (χ0n) is 8.54. The van der Waals surface area contributed by atoms with Gasteiger partial charge in [-0.2, -0.15) is 0 Å². The number of aromatic amines is 1. The number of rotatable bonds is 2. The molecule has 0 unspecified atom stereocenters. The van der Waals surface area contributed by atoms with Crippen LogP contribution in [0.25, 0.3) is 10.9 Å². The number of carbonyl (C=O) groups is 1. The maximum atomic E-state index is 11.1. The molecule has 1 heterocycles. The fourth-order valence-corrected chi connectivity index (χ4v) is 2.26. The van der Waals surface area contributed by atoms with Gasteiger partial charge in [-0.15, -0.1) is 0 Å². The number of fused-ring (bicyclic) bond motifs is 1. The molecule has 0 aliphatic heterocycles. The van der Waals surface area contributed by atoms with E-state index in [4.69, 9.17) is 0 Å². The smallest absolute Gasteiger partial charge is 0.154 e. The second-order valence-electron chi connectivity index (χ2n) is 3.56. The molecule has 0 aliphatic carbocycles. The first-order chi connectivity index (χ1) is 7.15. The molecule has 0 saturated heterocycles. The number of nitrogens with zero attached hydrogens (tertiary/aromatic N) is 1. The molecule has 15 heavy (non-hydrogen) atoms. The summed E-state index contributed by atoms with van der Waals surface area (Å²) in [4.78, 5) is 16.2. The lowest BCUT2D eigenvalue weighted by molar-refractivity contribution is 0.112. The van der Waals surface area contributed by atoms with Crippen molar-refractivity contribution >= 4 is 38.9 Å². The molecule has 0 amide bonds. The molecule has 1 N–H and O–H groups in total. The summed E-state index contributed by atoms with van der Waals surface area (Å²) in [5, 5.41) is 0.941. The lowest BCUT2D eigenvalue weighted by atomic mass is 10.2. The molecule has 1 aromatic heterocycles. The SMILES string of the molecule is CN(C)c1[nH]c2cccc(Br)c2c1C=O. The largest absolute Gasteiger partial charge is 0.364 e. The number of aromatic nitrogens is 1. The molecule has 2 aromatic rings. The molecule has 0 radical (unpaired) electrons. The lowest BCUT2D eigenvalue weighted by Gasteiger charge is -2.09. The quantitative estimate of drug-likeness (QED) is 0.849. The first kappa shape index (κ1) is 10.2. The number of H-pyrrole nitrogens is 1. The van der Waals surface area contributed by atoms with Crippen LogP contribution in [0, 0.1) is 0 Å². The van der Waals surface area contributed by atoms with Crippen LogP contribution in [-0.2, 0) is 0 Å². The Bertz CT molecular complexity index is 517. The second kappa shape index (κ2) is 3.70. The third kappa shape index (κ3) is 1.55. The number of carbonyl (C=O) groups excluding carboxylic acids is 1. The van der Waals surface area contributed by atoms with Crippen LogP contribution in [0.2, 0.25) is 0 Å². The number of aldehydes is 1. The highest BCUT2D eigenvalue weighted by molar-refractivity contribution is 9.10. The minimum Gasteiger partial charge on any atom is -0.364 e. The van der Waals surface area contributed by atoms with E-state index < -0.39 is 0 Å². The molecule has 0 spiro atoms. The maximum absolute atomic E-state index is 11.1. The van der Waals surface area contributed by atoms with E-state index in [0.29, 0.717) is 5.56 Å². The average Bonchev–Trinajstić information content (AvgIpc) is 2.57. The van der Waals surface area contributed by atoms with E-state index in [1.165, 1.54) is 0 Å². The molecular weight excluding hydrogens is 256 g/mol. The van der Waals surface area contributed by atoms with Gasteiger partial charge in [-0.1, -0.05) is 22.0 Å². The fraction of sp³-hybridized carbons (Fsp3) is 0.182. The highest BCUT2D eigenvalue weighted by Crippen LogP contribution is 2.31. The summed E-state index contributed by atoms with van der Waals surface area (Å²) in [6.07, 6.45) is 0.888. The van der Waals surface area contributed by atoms with Crippen LogP contribution >= 0.6 is 15.9 Å². The first-order valence-corrected chi connectivity index (χ1v) is 5.37. The van der Waals surface area contributed by atoms with Gasteiger partial charge < -0.3 is 9.88 Å². The molecule has 1 aromatic carbocycles. The Labute approximate surface area is 96.2 Å². The average molecular weight is 267 g/mol. The number of hydrogen-bond acceptors (Lipinski definition) is 2. The van der Waals surface area contributed by atoms with Gasteiger partial charge in [-0.05, 0) is 12.1 Å². The van der Waals surface area contributed by atoms with Gasteiger partial charge in [-0.25, -0.2) is 0 Å². The Morgan fingerprint density at radius 1 is 1.40 bits per heavy atom. The van der Waals surface area contributed by atoms with Gasteiger partial charge in [0.05, 0.1) is 5.56 Å². The normalized spacial score (nSPS) is 10.6. The van der Waals surface area contributed by atoms with Gasteiger partial charge in [0.1, 0.15) is 5.82 Å². The molecule has 78 valence electrons. The maximum Gasteiger partial charge on any atom is 0.154 e. The van der Waals surface area contributed by atoms with E-state index >= 15 is 0 Å². The van der Waals surface area contributed by atoms with Crippen molar-refractivity contribution in [3.63, 3.8) is 0 Å². The molecule has 2 rings (SSSR count).